The molecule has 0 spiro atoms. The Hall–Kier alpha value is -1.30. The maximum atomic E-state index is 12.3. The number of likely N-dealkylation sites (tertiary alicyclic amines) is 2. The lowest BCUT2D eigenvalue weighted by Gasteiger charge is -2.34. The normalized spacial score (nSPS) is 21.2. The lowest BCUT2D eigenvalue weighted by Crippen LogP contribution is -2.50. The molecule has 0 aromatic heterocycles. The highest BCUT2D eigenvalue weighted by atomic mass is 127. The van der Waals surface area contributed by atoms with E-state index in [0.29, 0.717) is 18.5 Å². The fourth-order valence-corrected chi connectivity index (χ4v) is 4.03. The Bertz CT molecular complexity index is 602. The first-order valence-electron chi connectivity index (χ1n) is 11.1. The number of hydrogen-bond acceptors (Lipinski definition) is 5. The van der Waals surface area contributed by atoms with E-state index in [1.165, 1.54) is 0 Å². The van der Waals surface area contributed by atoms with Crippen LogP contribution in [0.15, 0.2) is 4.99 Å². The van der Waals surface area contributed by atoms with Crippen LogP contribution in [0.3, 0.4) is 0 Å². The third kappa shape index (κ3) is 10.7. The zero-order valence-corrected chi connectivity index (χ0v) is 21.8. The van der Waals surface area contributed by atoms with Crippen molar-refractivity contribution in [2.75, 3.05) is 46.3 Å². The average molecular weight is 553 g/mol. The van der Waals surface area contributed by atoms with Gasteiger partial charge in [0.15, 0.2) is 5.96 Å². The van der Waals surface area contributed by atoms with Crippen LogP contribution in [0.25, 0.3) is 0 Å². The zero-order chi connectivity index (χ0) is 22.1. The van der Waals surface area contributed by atoms with E-state index in [2.05, 4.69) is 20.5 Å². The Balaban J connectivity index is 0.00000480. The minimum Gasteiger partial charge on any atom is -0.444 e. The number of piperidine rings is 2. The highest BCUT2D eigenvalue weighted by Crippen LogP contribution is 2.21. The van der Waals surface area contributed by atoms with E-state index in [0.717, 1.165) is 70.8 Å². The summed E-state index contributed by atoms with van der Waals surface area (Å²) in [4.78, 5) is 31.6. The predicted octanol–water partition coefficient (Wildman–Crippen LogP) is 1.76. The Labute approximate surface area is 203 Å². The largest absolute Gasteiger partial charge is 0.444 e. The van der Waals surface area contributed by atoms with Crippen LogP contribution < -0.4 is 16.4 Å². The summed E-state index contributed by atoms with van der Waals surface area (Å²) < 4.78 is 5.51. The summed E-state index contributed by atoms with van der Waals surface area (Å²) >= 11 is 0. The van der Waals surface area contributed by atoms with Gasteiger partial charge in [0, 0.05) is 45.8 Å². The Morgan fingerprint density at radius 2 is 1.84 bits per heavy atom. The number of carbonyl (C=O) groups excluding carboxylic acids is 2. The molecule has 2 fully saturated rings. The monoisotopic (exact) mass is 552 g/mol. The van der Waals surface area contributed by atoms with E-state index in [1.54, 1.807) is 7.05 Å². The molecule has 1 atom stereocenters. The molecule has 180 valence electrons. The first kappa shape index (κ1) is 27.7. The second-order valence-electron chi connectivity index (χ2n) is 9.38. The Morgan fingerprint density at radius 3 is 2.42 bits per heavy atom. The van der Waals surface area contributed by atoms with Gasteiger partial charge >= 0.3 is 6.09 Å². The minimum atomic E-state index is -0.459. The highest BCUT2D eigenvalue weighted by Gasteiger charge is 2.27. The van der Waals surface area contributed by atoms with Gasteiger partial charge in [-0.2, -0.15) is 0 Å². The summed E-state index contributed by atoms with van der Waals surface area (Å²) in [7, 11) is 1.78. The maximum absolute atomic E-state index is 12.3. The fraction of sp³-hybridized carbons (Fsp3) is 0.857. The summed E-state index contributed by atoms with van der Waals surface area (Å²) in [6, 6.07) is 0.345. The number of nitrogens with two attached hydrogens (primary N) is 1. The number of amides is 2. The molecule has 2 aliphatic heterocycles. The van der Waals surface area contributed by atoms with Crippen LogP contribution in [0.1, 0.15) is 52.9 Å². The number of primary amides is 1. The maximum Gasteiger partial charge on any atom is 0.410 e. The molecule has 2 rings (SSSR count). The number of guanidine groups is 1. The van der Waals surface area contributed by atoms with Crippen LogP contribution >= 0.6 is 24.0 Å². The van der Waals surface area contributed by atoms with Gasteiger partial charge in [-0.15, -0.1) is 24.0 Å². The van der Waals surface area contributed by atoms with Crippen molar-refractivity contribution in [2.24, 2.45) is 16.6 Å². The Morgan fingerprint density at radius 1 is 1.16 bits per heavy atom. The molecule has 31 heavy (non-hydrogen) atoms. The van der Waals surface area contributed by atoms with Crippen LogP contribution in [0.4, 0.5) is 4.79 Å². The van der Waals surface area contributed by atoms with Crippen molar-refractivity contribution >= 4 is 41.9 Å². The summed E-state index contributed by atoms with van der Waals surface area (Å²) in [6.07, 6.45) is 4.84. The van der Waals surface area contributed by atoms with Gasteiger partial charge in [0.2, 0.25) is 5.91 Å². The first-order chi connectivity index (χ1) is 14.2. The molecule has 0 aromatic rings. The van der Waals surface area contributed by atoms with Crippen molar-refractivity contribution in [3.63, 3.8) is 0 Å². The van der Waals surface area contributed by atoms with Crippen molar-refractivity contribution in [1.82, 2.24) is 20.4 Å². The second kappa shape index (κ2) is 13.3. The molecule has 1 unspecified atom stereocenters. The molecular formula is C21H41IN6O3. The number of ether oxygens (including phenoxy) is 1. The summed E-state index contributed by atoms with van der Waals surface area (Å²) in [5, 5.41) is 6.89. The van der Waals surface area contributed by atoms with E-state index in [4.69, 9.17) is 10.5 Å². The van der Waals surface area contributed by atoms with Gasteiger partial charge in [-0.05, 0) is 58.8 Å². The topological polar surface area (TPSA) is 112 Å². The summed E-state index contributed by atoms with van der Waals surface area (Å²) in [6.45, 7) is 10.1. The van der Waals surface area contributed by atoms with Gasteiger partial charge in [0.25, 0.3) is 0 Å². The van der Waals surface area contributed by atoms with Gasteiger partial charge in [-0.25, -0.2) is 4.79 Å². The number of hydrogen-bond donors (Lipinski definition) is 3. The molecule has 2 saturated heterocycles. The number of rotatable bonds is 6. The molecule has 4 N–H and O–H groups in total. The fourth-order valence-electron chi connectivity index (χ4n) is 4.03. The molecule has 2 aliphatic rings. The zero-order valence-electron chi connectivity index (χ0n) is 19.5. The van der Waals surface area contributed by atoms with Crippen molar-refractivity contribution in [3.8, 4) is 0 Å². The van der Waals surface area contributed by atoms with Crippen LogP contribution in [-0.2, 0) is 9.53 Å². The highest BCUT2D eigenvalue weighted by molar-refractivity contribution is 14.0. The third-order valence-electron chi connectivity index (χ3n) is 5.55. The van der Waals surface area contributed by atoms with E-state index >= 15 is 0 Å². The molecule has 0 aromatic carbocycles. The molecule has 10 heteroatoms. The van der Waals surface area contributed by atoms with Crippen LogP contribution in [0.5, 0.6) is 0 Å². The van der Waals surface area contributed by atoms with Gasteiger partial charge in [-0.3, -0.25) is 14.7 Å². The van der Waals surface area contributed by atoms with E-state index < -0.39 is 5.60 Å². The van der Waals surface area contributed by atoms with E-state index in [9.17, 15) is 9.59 Å². The summed E-state index contributed by atoms with van der Waals surface area (Å²) in [5.41, 5.74) is 4.82. The van der Waals surface area contributed by atoms with E-state index in [-0.39, 0.29) is 36.0 Å². The molecule has 2 amide bonds. The average Bonchev–Trinajstić information content (AvgIpc) is 2.67. The minimum absolute atomic E-state index is 0. The van der Waals surface area contributed by atoms with Gasteiger partial charge in [0.1, 0.15) is 5.60 Å². The van der Waals surface area contributed by atoms with Gasteiger partial charge in [0.05, 0.1) is 6.54 Å². The summed E-state index contributed by atoms with van der Waals surface area (Å²) in [5.74, 6) is 1.00. The van der Waals surface area contributed by atoms with Crippen molar-refractivity contribution in [2.45, 2.75) is 64.5 Å². The number of nitrogens with zero attached hydrogens (tertiary/aromatic N) is 3. The molecule has 9 nitrogen and oxygen atoms in total. The SMILES string of the molecule is CN=C(NCCC1CCCN(C(=O)OC(C)(C)C)C1)NC1CCN(CC(N)=O)CC1.I. The lowest BCUT2D eigenvalue weighted by molar-refractivity contribution is -0.119. The quantitative estimate of drug-likeness (QED) is 0.263. The third-order valence-corrected chi connectivity index (χ3v) is 5.55. The molecule has 0 saturated carbocycles. The molecular weight excluding hydrogens is 511 g/mol. The standard InChI is InChI=1S/C21H40N6O3.HI/c1-21(2,3)30-20(29)27-11-5-6-16(14-27)7-10-24-19(23-4)25-17-8-12-26(13-9-17)15-18(22)28;/h16-17H,5-15H2,1-4H3,(H2,22,28)(H2,23,24,25);1H. The predicted molar refractivity (Wildman–Crippen MR) is 134 cm³/mol. The van der Waals surface area contributed by atoms with Crippen molar-refractivity contribution in [1.29, 1.82) is 0 Å². The second-order valence-corrected chi connectivity index (χ2v) is 9.38. The number of carbonyl (C=O) groups is 2. The Kier molecular flexibility index (Phi) is 11.9. The number of aliphatic imine (C=N–C) groups is 1. The first-order valence-corrected chi connectivity index (χ1v) is 11.1. The number of nitrogens with one attached hydrogen (secondary N) is 2. The van der Waals surface area contributed by atoms with Crippen LogP contribution in [0.2, 0.25) is 0 Å². The van der Waals surface area contributed by atoms with Gasteiger partial charge < -0.3 is 26.0 Å². The van der Waals surface area contributed by atoms with Crippen LogP contribution in [0, 0.1) is 5.92 Å². The molecule has 0 radical (unpaired) electrons. The molecule has 2 heterocycles. The number of halogens is 1. The lowest BCUT2D eigenvalue weighted by atomic mass is 9.95. The van der Waals surface area contributed by atoms with Crippen LogP contribution in [-0.4, -0.2) is 85.7 Å². The smallest absolute Gasteiger partial charge is 0.410 e. The van der Waals surface area contributed by atoms with Crippen molar-refractivity contribution in [3.05, 3.63) is 0 Å². The van der Waals surface area contributed by atoms with Crippen molar-refractivity contribution < 1.29 is 14.3 Å². The van der Waals surface area contributed by atoms with Gasteiger partial charge in [-0.1, -0.05) is 0 Å². The molecule has 0 aliphatic carbocycles. The molecule has 0 bridgehead atoms. The van der Waals surface area contributed by atoms with E-state index in [1.807, 2.05) is 25.7 Å².